The van der Waals surface area contributed by atoms with Gasteiger partial charge in [-0.15, -0.1) is 0 Å². The van der Waals surface area contributed by atoms with Gasteiger partial charge in [-0.25, -0.2) is 4.79 Å². The number of hydrogen-bond acceptors (Lipinski definition) is 6. The predicted octanol–water partition coefficient (Wildman–Crippen LogP) is 8.59. The molecule has 0 saturated carbocycles. The van der Waals surface area contributed by atoms with Crippen LogP contribution in [0.3, 0.4) is 0 Å². The first kappa shape index (κ1) is 26.9. The highest BCUT2D eigenvalue weighted by Crippen LogP contribution is 2.27. The Bertz CT molecular complexity index is 1990. The monoisotopic (exact) mass is 574 g/mol. The second-order valence-electron chi connectivity index (χ2n) is 9.40. The van der Waals surface area contributed by atoms with Crippen LogP contribution >= 0.6 is 11.6 Å². The van der Waals surface area contributed by atoms with Crippen molar-refractivity contribution in [1.29, 1.82) is 0 Å². The maximum absolute atomic E-state index is 13.0. The summed E-state index contributed by atoms with van der Waals surface area (Å²) < 4.78 is 22.7. The lowest BCUT2D eigenvalue weighted by molar-refractivity contribution is -0.128. The van der Waals surface area contributed by atoms with Gasteiger partial charge >= 0.3 is 5.97 Å². The zero-order valence-electron chi connectivity index (χ0n) is 22.2. The van der Waals surface area contributed by atoms with Crippen molar-refractivity contribution in [3.63, 3.8) is 0 Å². The number of benzene rings is 5. The van der Waals surface area contributed by atoms with E-state index in [0.717, 1.165) is 21.9 Å². The van der Waals surface area contributed by atoms with Crippen molar-refractivity contribution in [2.75, 3.05) is 0 Å². The van der Waals surface area contributed by atoms with Crippen LogP contribution in [0.5, 0.6) is 23.0 Å². The molecular weight excluding hydrogens is 552 g/mol. The van der Waals surface area contributed by atoms with E-state index >= 15 is 0 Å². The number of carbonyl (C=O) groups is 1. The van der Waals surface area contributed by atoms with Gasteiger partial charge in [0.1, 0.15) is 35.7 Å². The van der Waals surface area contributed by atoms with Crippen LogP contribution in [0.25, 0.3) is 27.8 Å². The van der Waals surface area contributed by atoms with E-state index < -0.39 is 5.97 Å². The number of halogens is 1. The van der Waals surface area contributed by atoms with E-state index in [1.54, 1.807) is 18.2 Å². The Kier molecular flexibility index (Phi) is 7.70. The van der Waals surface area contributed by atoms with E-state index in [0.29, 0.717) is 28.5 Å². The molecule has 0 spiro atoms. The summed E-state index contributed by atoms with van der Waals surface area (Å²) in [7, 11) is 0. The fourth-order valence-corrected chi connectivity index (χ4v) is 4.54. The lowest BCUT2D eigenvalue weighted by Gasteiger charge is -2.08. The van der Waals surface area contributed by atoms with Crippen molar-refractivity contribution < 1.29 is 23.4 Å². The van der Waals surface area contributed by atoms with Crippen LogP contribution in [0.15, 0.2) is 131 Å². The largest absolute Gasteiger partial charge is 0.489 e. The van der Waals surface area contributed by atoms with Crippen LogP contribution in [-0.4, -0.2) is 5.97 Å². The van der Waals surface area contributed by atoms with Crippen molar-refractivity contribution in [2.45, 2.75) is 6.61 Å². The molecule has 0 radical (unpaired) electrons. The van der Waals surface area contributed by atoms with Gasteiger partial charge in [0.05, 0.1) is 5.39 Å². The zero-order chi connectivity index (χ0) is 28.9. The predicted molar refractivity (Wildman–Crippen MR) is 163 cm³/mol. The second-order valence-corrected chi connectivity index (χ2v) is 9.81. The fraction of sp³-hybridized carbons (Fsp3) is 0.0286. The Morgan fingerprint density at radius 2 is 1.52 bits per heavy atom. The fourth-order valence-electron chi connectivity index (χ4n) is 4.35. The van der Waals surface area contributed by atoms with E-state index in [2.05, 4.69) is 0 Å². The van der Waals surface area contributed by atoms with Gasteiger partial charge < -0.3 is 18.6 Å². The minimum Gasteiger partial charge on any atom is -0.489 e. The van der Waals surface area contributed by atoms with Crippen molar-refractivity contribution >= 4 is 45.4 Å². The third-order valence-corrected chi connectivity index (χ3v) is 6.89. The number of carbonyl (C=O) groups excluding carboxylic acids is 1. The minimum atomic E-state index is -0.577. The second kappa shape index (κ2) is 12.0. The summed E-state index contributed by atoms with van der Waals surface area (Å²) >= 11 is 6.17. The summed E-state index contributed by atoms with van der Waals surface area (Å²) in [6.45, 7) is 0.353. The smallest absolute Gasteiger partial charge is 0.336 e. The van der Waals surface area contributed by atoms with Crippen molar-refractivity contribution in [3.05, 3.63) is 148 Å². The Morgan fingerprint density at radius 3 is 2.36 bits per heavy atom. The molecule has 0 atom stereocenters. The topological polar surface area (TPSA) is 75.0 Å². The maximum Gasteiger partial charge on any atom is 0.336 e. The maximum atomic E-state index is 13.0. The SMILES string of the molecule is O=C(/C=C/c1ccc(OCc2ccccc2Cl)cc1)Oc1ccc2c(=O)c(Oc3ccc4ccccc4c3)coc2c1. The van der Waals surface area contributed by atoms with E-state index in [-0.39, 0.29) is 22.5 Å². The first-order valence-electron chi connectivity index (χ1n) is 13.1. The average Bonchev–Trinajstić information content (AvgIpc) is 3.01. The highest BCUT2D eigenvalue weighted by atomic mass is 35.5. The van der Waals surface area contributed by atoms with Crippen LogP contribution in [0.2, 0.25) is 5.02 Å². The van der Waals surface area contributed by atoms with Crippen LogP contribution in [0.4, 0.5) is 0 Å². The van der Waals surface area contributed by atoms with Crippen LogP contribution < -0.4 is 19.6 Å². The van der Waals surface area contributed by atoms with E-state index in [1.807, 2.05) is 84.9 Å². The lowest BCUT2D eigenvalue weighted by Crippen LogP contribution is -2.06. The molecule has 0 aliphatic heterocycles. The molecule has 0 aliphatic carbocycles. The summed E-state index contributed by atoms with van der Waals surface area (Å²) in [6.07, 6.45) is 4.21. The van der Waals surface area contributed by atoms with E-state index in [4.69, 9.17) is 30.2 Å². The van der Waals surface area contributed by atoms with Gasteiger partial charge in [0, 0.05) is 22.7 Å². The third-order valence-electron chi connectivity index (χ3n) is 6.53. The van der Waals surface area contributed by atoms with Gasteiger partial charge in [-0.2, -0.15) is 0 Å². The minimum absolute atomic E-state index is 0.0609. The number of fused-ring (bicyclic) bond motifs is 2. The average molecular weight is 575 g/mol. The number of ether oxygens (including phenoxy) is 3. The number of rotatable bonds is 8. The molecule has 42 heavy (non-hydrogen) atoms. The molecule has 206 valence electrons. The molecule has 5 aromatic carbocycles. The Labute approximate surface area is 246 Å². The van der Waals surface area contributed by atoms with Gasteiger partial charge in [-0.3, -0.25) is 4.79 Å². The summed E-state index contributed by atoms with van der Waals surface area (Å²) in [5.41, 5.74) is 1.63. The number of hydrogen-bond donors (Lipinski definition) is 0. The molecule has 1 aromatic heterocycles. The molecule has 0 amide bonds. The van der Waals surface area contributed by atoms with Gasteiger partial charge in [0.25, 0.3) is 0 Å². The van der Waals surface area contributed by atoms with Crippen molar-refractivity contribution in [3.8, 4) is 23.0 Å². The molecule has 6 aromatic rings. The number of esters is 1. The molecular formula is C35H23ClO6. The van der Waals surface area contributed by atoms with Crippen molar-refractivity contribution in [2.24, 2.45) is 0 Å². The third kappa shape index (κ3) is 6.19. The Hall–Kier alpha value is -5.33. The van der Waals surface area contributed by atoms with Crippen LogP contribution in [0, 0.1) is 0 Å². The van der Waals surface area contributed by atoms with E-state index in [9.17, 15) is 9.59 Å². The lowest BCUT2D eigenvalue weighted by atomic mass is 10.1. The molecule has 0 fully saturated rings. The highest BCUT2D eigenvalue weighted by Gasteiger charge is 2.12. The molecule has 0 aliphatic rings. The first-order chi connectivity index (χ1) is 20.5. The summed E-state index contributed by atoms with van der Waals surface area (Å²) in [4.78, 5) is 25.5. The molecule has 0 saturated heterocycles. The highest BCUT2D eigenvalue weighted by molar-refractivity contribution is 6.31. The standard InChI is InChI=1S/C35H23ClO6/c36-31-8-4-3-7-26(31)21-39-27-13-9-23(10-14-27)11-18-34(37)42-29-16-17-30-32(20-29)40-22-33(35(30)38)41-28-15-12-24-5-1-2-6-25(24)19-28/h1-20,22H,21H2/b18-11+. The molecule has 0 N–H and O–H groups in total. The molecule has 0 unspecified atom stereocenters. The van der Waals surface area contributed by atoms with Gasteiger partial charge in [0.15, 0.2) is 0 Å². The molecule has 6 rings (SSSR count). The zero-order valence-corrected chi connectivity index (χ0v) is 22.9. The summed E-state index contributed by atoms with van der Waals surface area (Å²) in [6, 6.07) is 32.8. The van der Waals surface area contributed by atoms with E-state index in [1.165, 1.54) is 24.5 Å². The van der Waals surface area contributed by atoms with Crippen LogP contribution in [-0.2, 0) is 11.4 Å². The van der Waals surface area contributed by atoms with Crippen LogP contribution in [0.1, 0.15) is 11.1 Å². The first-order valence-corrected chi connectivity index (χ1v) is 13.5. The molecule has 0 bridgehead atoms. The Morgan fingerprint density at radius 1 is 0.786 bits per heavy atom. The van der Waals surface area contributed by atoms with Gasteiger partial charge in [-0.1, -0.05) is 72.3 Å². The molecule has 6 nitrogen and oxygen atoms in total. The van der Waals surface area contributed by atoms with Gasteiger partial charge in [-0.05, 0) is 64.9 Å². The molecule has 7 heteroatoms. The summed E-state index contributed by atoms with van der Waals surface area (Å²) in [5.74, 6) is 0.930. The Balaban J connectivity index is 1.08. The quantitative estimate of drug-likeness (QED) is 0.103. The molecule has 1 heterocycles. The summed E-state index contributed by atoms with van der Waals surface area (Å²) in [5, 5.41) is 3.03. The van der Waals surface area contributed by atoms with Gasteiger partial charge in [0.2, 0.25) is 11.2 Å². The normalized spacial score (nSPS) is 11.2. The van der Waals surface area contributed by atoms with Crippen molar-refractivity contribution in [1.82, 2.24) is 0 Å².